The normalized spacial score (nSPS) is 13.1. The number of carbonyl (C=O) groups is 1. The number of esters is 1. The molecule has 0 saturated heterocycles. The lowest BCUT2D eigenvalue weighted by Crippen LogP contribution is -2.40. The van der Waals surface area contributed by atoms with Crippen LogP contribution in [-0.2, 0) is 22.5 Å². The highest BCUT2D eigenvalue weighted by Gasteiger charge is 2.29. The molecule has 3 rings (SSSR count). The lowest BCUT2D eigenvalue weighted by molar-refractivity contribution is -0.142. The van der Waals surface area contributed by atoms with Crippen molar-refractivity contribution in [1.82, 2.24) is 4.90 Å². The molecule has 0 radical (unpaired) electrons. The molecule has 32 heavy (non-hydrogen) atoms. The third-order valence-corrected chi connectivity index (χ3v) is 5.63. The topological polar surface area (TPSA) is 29.5 Å². The van der Waals surface area contributed by atoms with E-state index in [-0.39, 0.29) is 24.4 Å². The second-order valence-corrected chi connectivity index (χ2v) is 7.74. The molecule has 0 aliphatic heterocycles. The molecule has 168 valence electrons. The second kappa shape index (κ2) is 11.0. The van der Waals surface area contributed by atoms with Crippen LogP contribution in [0.5, 0.6) is 0 Å². The smallest absolute Gasteiger partial charge is 0.307 e. The highest BCUT2D eigenvalue weighted by atomic mass is 19.2. The summed E-state index contributed by atoms with van der Waals surface area (Å²) in [6.45, 7) is 2.48. The van der Waals surface area contributed by atoms with Crippen molar-refractivity contribution in [2.24, 2.45) is 0 Å². The molecular formula is C26H26F3NO2. The van der Waals surface area contributed by atoms with Crippen LogP contribution in [-0.4, -0.2) is 24.0 Å². The molecule has 0 bridgehead atoms. The van der Waals surface area contributed by atoms with E-state index >= 15 is 0 Å². The number of hydrogen-bond acceptors (Lipinski definition) is 3. The largest absolute Gasteiger partial charge is 0.469 e. The maximum Gasteiger partial charge on any atom is 0.307 e. The monoisotopic (exact) mass is 441 g/mol. The molecule has 2 unspecified atom stereocenters. The molecule has 2 atom stereocenters. The minimum absolute atomic E-state index is 0.0103. The summed E-state index contributed by atoms with van der Waals surface area (Å²) in [6, 6.07) is 20.2. The maximum absolute atomic E-state index is 14.5. The van der Waals surface area contributed by atoms with Crippen LogP contribution in [0.25, 0.3) is 0 Å². The number of rotatable bonds is 9. The molecule has 3 nitrogen and oxygen atoms in total. The molecule has 0 spiro atoms. The van der Waals surface area contributed by atoms with Gasteiger partial charge in [-0.1, -0.05) is 60.7 Å². The van der Waals surface area contributed by atoms with Gasteiger partial charge in [-0.15, -0.1) is 0 Å². The summed E-state index contributed by atoms with van der Waals surface area (Å²) in [5.41, 5.74) is 2.04. The molecule has 0 aliphatic rings. The number of nitrogens with zero attached hydrogens (tertiary/aromatic N) is 1. The Hall–Kier alpha value is -3.12. The van der Waals surface area contributed by atoms with Crippen molar-refractivity contribution in [2.75, 3.05) is 7.11 Å². The van der Waals surface area contributed by atoms with Gasteiger partial charge in [0.2, 0.25) is 0 Å². The average Bonchev–Trinajstić information content (AvgIpc) is 2.81. The second-order valence-electron chi connectivity index (χ2n) is 7.74. The highest BCUT2D eigenvalue weighted by molar-refractivity contribution is 5.70. The van der Waals surface area contributed by atoms with Gasteiger partial charge in [0.05, 0.1) is 13.5 Å². The van der Waals surface area contributed by atoms with Crippen molar-refractivity contribution < 1.29 is 22.7 Å². The molecule has 0 N–H and O–H groups in total. The summed E-state index contributed by atoms with van der Waals surface area (Å²) in [4.78, 5) is 14.3. The predicted octanol–water partition coefficient (Wildman–Crippen LogP) is 5.84. The molecule has 6 heteroatoms. The Balaban J connectivity index is 2.01. The van der Waals surface area contributed by atoms with Crippen LogP contribution in [0.4, 0.5) is 13.2 Å². The Morgan fingerprint density at radius 1 is 0.906 bits per heavy atom. The molecule has 0 aliphatic carbocycles. The summed E-state index contributed by atoms with van der Waals surface area (Å²) in [7, 11) is 1.29. The standard InChI is InChI=1S/C26H26F3NO2/c1-18(20-11-7-4-8-12-20)30(17-19-9-5-3-6-10-19)22(15-26(31)32-2)13-21-14-24(28)25(29)16-23(21)27/h3-12,14,16,18,22H,13,15,17H2,1-2H3. The van der Waals surface area contributed by atoms with Gasteiger partial charge in [-0.25, -0.2) is 13.2 Å². The molecule has 3 aromatic carbocycles. The highest BCUT2D eigenvalue weighted by Crippen LogP contribution is 2.29. The van der Waals surface area contributed by atoms with Gasteiger partial charge in [0.1, 0.15) is 5.82 Å². The van der Waals surface area contributed by atoms with E-state index < -0.39 is 29.5 Å². The van der Waals surface area contributed by atoms with Crippen molar-refractivity contribution >= 4 is 5.97 Å². The van der Waals surface area contributed by atoms with Gasteiger partial charge in [0.25, 0.3) is 0 Å². The number of carbonyl (C=O) groups excluding carboxylic acids is 1. The summed E-state index contributed by atoms with van der Waals surface area (Å²) in [6.07, 6.45) is -0.0128. The Labute approximate surface area is 186 Å². The van der Waals surface area contributed by atoms with E-state index in [0.717, 1.165) is 17.2 Å². The number of methoxy groups -OCH3 is 1. The first-order valence-electron chi connectivity index (χ1n) is 10.4. The van der Waals surface area contributed by atoms with E-state index in [1.165, 1.54) is 7.11 Å². The average molecular weight is 441 g/mol. The first-order chi connectivity index (χ1) is 15.4. The van der Waals surface area contributed by atoms with Gasteiger partial charge in [0, 0.05) is 24.7 Å². The van der Waals surface area contributed by atoms with Crippen LogP contribution in [0, 0.1) is 17.5 Å². The van der Waals surface area contributed by atoms with Gasteiger partial charge in [-0.2, -0.15) is 0 Å². The maximum atomic E-state index is 14.5. The Morgan fingerprint density at radius 3 is 2.12 bits per heavy atom. The summed E-state index contributed by atoms with van der Waals surface area (Å²) >= 11 is 0. The summed E-state index contributed by atoms with van der Waals surface area (Å²) < 4.78 is 46.7. The molecule has 0 aromatic heterocycles. The minimum atomic E-state index is -1.24. The van der Waals surface area contributed by atoms with Crippen molar-refractivity contribution in [2.45, 2.75) is 38.4 Å². The van der Waals surface area contributed by atoms with Gasteiger partial charge in [-0.3, -0.25) is 9.69 Å². The van der Waals surface area contributed by atoms with E-state index in [1.54, 1.807) is 0 Å². The fourth-order valence-corrected chi connectivity index (χ4v) is 3.86. The minimum Gasteiger partial charge on any atom is -0.469 e. The van der Waals surface area contributed by atoms with Crippen LogP contribution >= 0.6 is 0 Å². The summed E-state index contributed by atoms with van der Waals surface area (Å²) in [5, 5.41) is 0. The Bertz CT molecular complexity index is 1030. The van der Waals surface area contributed by atoms with E-state index in [0.29, 0.717) is 12.6 Å². The van der Waals surface area contributed by atoms with Crippen LogP contribution in [0.1, 0.15) is 36.1 Å². The molecule has 0 amide bonds. The van der Waals surface area contributed by atoms with Gasteiger partial charge in [-0.05, 0) is 36.1 Å². The van der Waals surface area contributed by atoms with Crippen molar-refractivity contribution in [3.63, 3.8) is 0 Å². The lowest BCUT2D eigenvalue weighted by atomic mass is 9.96. The van der Waals surface area contributed by atoms with Gasteiger partial charge in [0.15, 0.2) is 11.6 Å². The van der Waals surface area contributed by atoms with Crippen molar-refractivity contribution in [3.05, 3.63) is 107 Å². The van der Waals surface area contributed by atoms with Crippen LogP contribution < -0.4 is 0 Å². The third kappa shape index (κ3) is 5.98. The van der Waals surface area contributed by atoms with Crippen LogP contribution in [0.15, 0.2) is 72.8 Å². The quantitative estimate of drug-likeness (QED) is 0.309. The Kier molecular flexibility index (Phi) is 8.06. The van der Waals surface area contributed by atoms with Gasteiger partial charge < -0.3 is 4.74 Å². The number of benzene rings is 3. The fraction of sp³-hybridized carbons (Fsp3) is 0.269. The summed E-state index contributed by atoms with van der Waals surface area (Å²) in [5.74, 6) is -3.67. The SMILES string of the molecule is COC(=O)CC(Cc1cc(F)c(F)cc1F)N(Cc1ccccc1)C(C)c1ccccc1. The molecule has 0 heterocycles. The fourth-order valence-electron chi connectivity index (χ4n) is 3.86. The molecule has 0 fully saturated rings. The van der Waals surface area contributed by atoms with Crippen molar-refractivity contribution in [3.8, 4) is 0 Å². The zero-order chi connectivity index (χ0) is 23.1. The van der Waals surface area contributed by atoms with Gasteiger partial charge >= 0.3 is 5.97 Å². The first kappa shape index (κ1) is 23.5. The zero-order valence-electron chi connectivity index (χ0n) is 18.1. The molecular weight excluding hydrogens is 415 g/mol. The molecule has 3 aromatic rings. The lowest BCUT2D eigenvalue weighted by Gasteiger charge is -2.37. The predicted molar refractivity (Wildman–Crippen MR) is 117 cm³/mol. The zero-order valence-corrected chi connectivity index (χ0v) is 18.1. The molecule has 0 saturated carbocycles. The number of ether oxygens (including phenoxy) is 1. The van der Waals surface area contributed by atoms with Crippen LogP contribution in [0.3, 0.4) is 0 Å². The number of hydrogen-bond donors (Lipinski definition) is 0. The van der Waals surface area contributed by atoms with Crippen molar-refractivity contribution in [1.29, 1.82) is 0 Å². The van der Waals surface area contributed by atoms with E-state index in [1.807, 2.05) is 67.6 Å². The van der Waals surface area contributed by atoms with E-state index in [2.05, 4.69) is 4.90 Å². The van der Waals surface area contributed by atoms with E-state index in [9.17, 15) is 18.0 Å². The number of halogens is 3. The van der Waals surface area contributed by atoms with Crippen LogP contribution in [0.2, 0.25) is 0 Å². The Morgan fingerprint density at radius 2 is 1.50 bits per heavy atom. The third-order valence-electron chi connectivity index (χ3n) is 5.63. The first-order valence-corrected chi connectivity index (χ1v) is 10.4. The van der Waals surface area contributed by atoms with E-state index in [4.69, 9.17) is 4.74 Å².